The van der Waals surface area contributed by atoms with Gasteiger partial charge in [0.25, 0.3) is 0 Å². The predicted octanol–water partition coefficient (Wildman–Crippen LogP) is 6.62. The minimum Gasteiger partial charge on any atom is -0.440 e. The smallest absolute Gasteiger partial charge is 0.415 e. The van der Waals surface area contributed by atoms with Crippen LogP contribution < -0.4 is 4.90 Å². The van der Waals surface area contributed by atoms with Gasteiger partial charge in [0.05, 0.1) is 26.2 Å². The Balaban J connectivity index is 1.21. The number of anilines is 1. The lowest BCUT2D eigenvalue weighted by molar-refractivity contribution is -0.946. The number of nitrogens with zero attached hydrogens (tertiary/aromatic N) is 2. The fraction of sp³-hybridized carbons (Fsp3) is 0.367. The summed E-state index contributed by atoms with van der Waals surface area (Å²) in [5, 5.41) is 0. The van der Waals surface area contributed by atoms with E-state index in [2.05, 4.69) is 42.5 Å². The summed E-state index contributed by atoms with van der Waals surface area (Å²) in [4.78, 5) is 16.6. The van der Waals surface area contributed by atoms with Crippen molar-refractivity contribution >= 4 is 23.5 Å². The molecule has 0 unspecified atom stereocenters. The SMILES string of the molecule is O=C(O[C@H]1C[N+]2(CCCSc3ccccc3)CCC1CC2)N(Cc1ccccc1)c1ccccc1. The monoisotopic (exact) mass is 487 g/mol. The third kappa shape index (κ3) is 6.09. The van der Waals surface area contributed by atoms with Crippen LogP contribution in [0.5, 0.6) is 0 Å². The molecule has 1 amide bonds. The van der Waals surface area contributed by atoms with Crippen LogP contribution in [0.25, 0.3) is 0 Å². The van der Waals surface area contributed by atoms with E-state index in [1.807, 2.05) is 60.3 Å². The van der Waals surface area contributed by atoms with Gasteiger partial charge in [-0.15, -0.1) is 11.8 Å². The summed E-state index contributed by atoms with van der Waals surface area (Å²) in [6.07, 6.45) is 3.29. The van der Waals surface area contributed by atoms with Crippen molar-refractivity contribution < 1.29 is 14.0 Å². The van der Waals surface area contributed by atoms with E-state index in [9.17, 15) is 4.79 Å². The van der Waals surface area contributed by atoms with Gasteiger partial charge in [0.15, 0.2) is 6.10 Å². The quantitative estimate of drug-likeness (QED) is 0.193. The van der Waals surface area contributed by atoms with E-state index < -0.39 is 0 Å². The molecule has 3 aromatic rings. The van der Waals surface area contributed by atoms with Crippen LogP contribution in [-0.2, 0) is 11.3 Å². The summed E-state index contributed by atoms with van der Waals surface area (Å²) in [5.41, 5.74) is 1.98. The fourth-order valence-corrected chi connectivity index (χ4v) is 6.46. The molecule has 2 bridgehead atoms. The minimum absolute atomic E-state index is 0.00811. The van der Waals surface area contributed by atoms with E-state index in [1.54, 1.807) is 4.90 Å². The van der Waals surface area contributed by atoms with Gasteiger partial charge in [-0.25, -0.2) is 4.79 Å². The molecular formula is C30H35N2O2S+. The molecule has 6 rings (SSSR count). The van der Waals surface area contributed by atoms with Gasteiger partial charge in [0.1, 0.15) is 6.54 Å². The number of rotatable bonds is 9. The number of piperidine rings is 3. The third-order valence-electron chi connectivity index (χ3n) is 7.55. The van der Waals surface area contributed by atoms with Gasteiger partial charge < -0.3 is 9.22 Å². The lowest BCUT2D eigenvalue weighted by Gasteiger charge is -2.52. The normalized spacial score (nSPS) is 23.1. The van der Waals surface area contributed by atoms with Crippen LogP contribution in [0.3, 0.4) is 0 Å². The first-order chi connectivity index (χ1) is 17.2. The van der Waals surface area contributed by atoms with E-state index >= 15 is 0 Å². The molecule has 0 aliphatic carbocycles. The Morgan fingerprint density at radius 2 is 1.51 bits per heavy atom. The van der Waals surface area contributed by atoms with Gasteiger partial charge in [-0.2, -0.15) is 0 Å². The van der Waals surface area contributed by atoms with Crippen molar-refractivity contribution in [2.45, 2.75) is 36.8 Å². The van der Waals surface area contributed by atoms with Gasteiger partial charge in [0, 0.05) is 41.5 Å². The Hall–Kier alpha value is -2.76. The molecule has 0 N–H and O–H groups in total. The van der Waals surface area contributed by atoms with Crippen LogP contribution in [0, 0.1) is 5.92 Å². The largest absolute Gasteiger partial charge is 0.440 e. The molecule has 0 saturated carbocycles. The minimum atomic E-state index is -0.225. The molecule has 3 aliphatic heterocycles. The summed E-state index contributed by atoms with van der Waals surface area (Å²) < 4.78 is 7.39. The second kappa shape index (κ2) is 11.3. The maximum Gasteiger partial charge on any atom is 0.415 e. The molecule has 0 aromatic heterocycles. The first-order valence-electron chi connectivity index (χ1n) is 12.8. The van der Waals surface area contributed by atoms with Crippen LogP contribution in [0.1, 0.15) is 24.8 Å². The number of para-hydroxylation sites is 1. The Morgan fingerprint density at radius 3 is 2.20 bits per heavy atom. The highest BCUT2D eigenvalue weighted by Gasteiger charge is 2.47. The molecule has 3 fully saturated rings. The number of ether oxygens (including phenoxy) is 1. The average Bonchev–Trinajstić information content (AvgIpc) is 2.92. The first-order valence-corrected chi connectivity index (χ1v) is 13.8. The number of benzene rings is 3. The Labute approximate surface area is 213 Å². The highest BCUT2D eigenvalue weighted by molar-refractivity contribution is 7.99. The van der Waals surface area contributed by atoms with E-state index in [0.717, 1.165) is 40.9 Å². The number of carbonyl (C=O) groups is 1. The average molecular weight is 488 g/mol. The second-order valence-electron chi connectivity index (χ2n) is 9.88. The van der Waals surface area contributed by atoms with Crippen molar-refractivity contribution in [3.05, 3.63) is 96.6 Å². The molecule has 1 atom stereocenters. The van der Waals surface area contributed by atoms with Crippen molar-refractivity contribution in [3.8, 4) is 0 Å². The molecular weight excluding hydrogens is 452 g/mol. The van der Waals surface area contributed by atoms with Crippen molar-refractivity contribution in [3.63, 3.8) is 0 Å². The van der Waals surface area contributed by atoms with Gasteiger partial charge >= 0.3 is 6.09 Å². The molecule has 3 saturated heterocycles. The molecule has 5 heteroatoms. The van der Waals surface area contributed by atoms with Crippen LogP contribution >= 0.6 is 11.8 Å². The van der Waals surface area contributed by atoms with Crippen molar-refractivity contribution in [2.24, 2.45) is 5.92 Å². The van der Waals surface area contributed by atoms with E-state index in [-0.39, 0.29) is 12.2 Å². The molecule has 182 valence electrons. The summed E-state index contributed by atoms with van der Waals surface area (Å²) in [6, 6.07) is 30.7. The van der Waals surface area contributed by atoms with Gasteiger partial charge in [-0.05, 0) is 29.8 Å². The summed E-state index contributed by atoms with van der Waals surface area (Å²) in [6.45, 7) is 5.09. The lowest BCUT2D eigenvalue weighted by atomic mass is 9.83. The maximum absolute atomic E-state index is 13.5. The van der Waals surface area contributed by atoms with E-state index in [1.165, 1.54) is 31.0 Å². The Bertz CT molecular complexity index is 1070. The highest BCUT2D eigenvalue weighted by atomic mass is 32.2. The number of amides is 1. The zero-order chi connectivity index (χ0) is 23.9. The topological polar surface area (TPSA) is 29.5 Å². The molecule has 3 aliphatic rings. The molecule has 3 aromatic carbocycles. The zero-order valence-corrected chi connectivity index (χ0v) is 21.1. The molecule has 0 radical (unpaired) electrons. The summed E-state index contributed by atoms with van der Waals surface area (Å²) >= 11 is 1.94. The Kier molecular flexibility index (Phi) is 7.75. The lowest BCUT2D eigenvalue weighted by Crippen LogP contribution is -2.65. The number of fused-ring (bicyclic) bond motifs is 3. The first kappa shape index (κ1) is 24.0. The predicted molar refractivity (Wildman–Crippen MR) is 144 cm³/mol. The molecule has 0 spiro atoms. The van der Waals surface area contributed by atoms with E-state index in [0.29, 0.717) is 12.5 Å². The molecule has 35 heavy (non-hydrogen) atoms. The molecule has 4 nitrogen and oxygen atoms in total. The van der Waals surface area contributed by atoms with Gasteiger partial charge in [-0.3, -0.25) is 4.90 Å². The summed E-state index contributed by atoms with van der Waals surface area (Å²) in [5.74, 6) is 1.63. The van der Waals surface area contributed by atoms with Crippen LogP contribution in [-0.4, -0.2) is 48.6 Å². The van der Waals surface area contributed by atoms with Crippen LogP contribution in [0.15, 0.2) is 95.9 Å². The van der Waals surface area contributed by atoms with Gasteiger partial charge in [0.2, 0.25) is 0 Å². The van der Waals surface area contributed by atoms with Gasteiger partial charge in [-0.1, -0.05) is 66.7 Å². The van der Waals surface area contributed by atoms with Crippen molar-refractivity contribution in [1.29, 1.82) is 0 Å². The third-order valence-corrected chi connectivity index (χ3v) is 8.65. The highest BCUT2D eigenvalue weighted by Crippen LogP contribution is 2.36. The standard InChI is InChI=1S/C30H35N2O2S/c33-30(31(27-13-6-2-7-14-27)23-25-11-4-1-5-12-25)34-29-24-32(20-17-26(29)18-21-32)19-10-22-35-28-15-8-3-9-16-28/h1-9,11-16,26,29H,10,17-24H2/q+1/t26?,29-,32?/m0/s1. The molecule has 3 heterocycles. The van der Waals surface area contributed by atoms with Crippen LogP contribution in [0.2, 0.25) is 0 Å². The second-order valence-corrected chi connectivity index (χ2v) is 11.0. The number of thioether (sulfide) groups is 1. The fourth-order valence-electron chi connectivity index (χ4n) is 5.60. The maximum atomic E-state index is 13.5. The summed E-state index contributed by atoms with van der Waals surface area (Å²) in [7, 11) is 0. The van der Waals surface area contributed by atoms with Crippen LogP contribution in [0.4, 0.5) is 10.5 Å². The number of hydrogen-bond donors (Lipinski definition) is 0. The van der Waals surface area contributed by atoms with Crippen molar-refractivity contribution in [1.82, 2.24) is 0 Å². The Morgan fingerprint density at radius 1 is 0.886 bits per heavy atom. The number of hydrogen-bond acceptors (Lipinski definition) is 3. The van der Waals surface area contributed by atoms with Crippen molar-refractivity contribution in [2.75, 3.05) is 36.8 Å². The number of carbonyl (C=O) groups excluding carboxylic acids is 1. The van der Waals surface area contributed by atoms with E-state index in [4.69, 9.17) is 4.74 Å². The zero-order valence-electron chi connectivity index (χ0n) is 20.3. The number of quaternary nitrogens is 1.